The maximum absolute atomic E-state index is 5.74. The lowest BCUT2D eigenvalue weighted by Gasteiger charge is -2.07. The summed E-state index contributed by atoms with van der Waals surface area (Å²) < 4.78 is 5.74. The van der Waals surface area contributed by atoms with Gasteiger partial charge < -0.3 is 4.74 Å². The van der Waals surface area contributed by atoms with Gasteiger partial charge in [-0.1, -0.05) is 48.5 Å². The highest BCUT2D eigenvalue weighted by atomic mass is 16.5. The highest BCUT2D eigenvalue weighted by Crippen LogP contribution is 2.19. The minimum atomic E-state index is 0.525. The summed E-state index contributed by atoms with van der Waals surface area (Å²) >= 11 is 0. The van der Waals surface area contributed by atoms with Crippen molar-refractivity contribution in [1.29, 1.82) is 0 Å². The molecule has 0 aliphatic rings. The topological polar surface area (TPSA) is 22.1 Å². The second-order valence-electron chi connectivity index (χ2n) is 4.55. The van der Waals surface area contributed by atoms with Gasteiger partial charge in [0.1, 0.15) is 12.4 Å². The lowest BCUT2D eigenvalue weighted by molar-refractivity contribution is 0.306. The summed E-state index contributed by atoms with van der Waals surface area (Å²) in [6, 6.07) is 22.2. The van der Waals surface area contributed by atoms with Crippen LogP contribution < -0.4 is 4.74 Å². The van der Waals surface area contributed by atoms with E-state index < -0.39 is 0 Å². The second-order valence-corrected chi connectivity index (χ2v) is 4.55. The average molecular weight is 261 g/mol. The van der Waals surface area contributed by atoms with Crippen LogP contribution in [-0.4, -0.2) is 4.98 Å². The Balaban J connectivity index is 1.75. The van der Waals surface area contributed by atoms with Crippen molar-refractivity contribution in [2.24, 2.45) is 0 Å². The van der Waals surface area contributed by atoms with E-state index in [-0.39, 0.29) is 0 Å². The first-order valence-corrected chi connectivity index (χ1v) is 6.59. The predicted octanol–water partition coefficient (Wildman–Crippen LogP) is 4.33. The third-order valence-electron chi connectivity index (χ3n) is 3.05. The largest absolute Gasteiger partial charge is 0.489 e. The minimum Gasteiger partial charge on any atom is -0.489 e. The normalized spacial score (nSPS) is 10.2. The number of nitrogens with zero attached hydrogens (tertiary/aromatic N) is 1. The molecule has 20 heavy (non-hydrogen) atoms. The van der Waals surface area contributed by atoms with Crippen LogP contribution in [0.5, 0.6) is 5.75 Å². The Labute approximate surface area is 118 Å². The Bertz CT molecular complexity index is 665. The van der Waals surface area contributed by atoms with Crippen LogP contribution >= 0.6 is 0 Å². The predicted molar refractivity (Wildman–Crippen MR) is 80.4 cm³/mol. The van der Waals surface area contributed by atoms with Crippen LogP contribution in [0, 0.1) is 0 Å². The first-order chi connectivity index (χ1) is 9.92. The van der Waals surface area contributed by atoms with Crippen molar-refractivity contribution < 1.29 is 4.74 Å². The molecule has 0 unspecified atom stereocenters. The first kappa shape index (κ1) is 12.4. The Morgan fingerprint density at radius 3 is 2.20 bits per heavy atom. The van der Waals surface area contributed by atoms with Crippen molar-refractivity contribution in [2.75, 3.05) is 0 Å². The molecule has 0 amide bonds. The van der Waals surface area contributed by atoms with Crippen LogP contribution in [0.25, 0.3) is 11.1 Å². The van der Waals surface area contributed by atoms with Crippen molar-refractivity contribution >= 4 is 0 Å². The number of hydrogen-bond acceptors (Lipinski definition) is 2. The summed E-state index contributed by atoms with van der Waals surface area (Å²) in [4.78, 5) is 4.29. The molecule has 0 aliphatic carbocycles. The van der Waals surface area contributed by atoms with Gasteiger partial charge in [-0.05, 0) is 23.8 Å². The van der Waals surface area contributed by atoms with Crippen LogP contribution in [0.4, 0.5) is 0 Å². The van der Waals surface area contributed by atoms with Crippen molar-refractivity contribution in [1.82, 2.24) is 4.98 Å². The number of para-hydroxylation sites is 1. The van der Waals surface area contributed by atoms with Gasteiger partial charge in [0.25, 0.3) is 0 Å². The van der Waals surface area contributed by atoms with Crippen LogP contribution in [0.3, 0.4) is 0 Å². The van der Waals surface area contributed by atoms with Crippen LogP contribution in [0.2, 0.25) is 0 Å². The van der Waals surface area contributed by atoms with Crippen molar-refractivity contribution in [2.45, 2.75) is 6.61 Å². The lowest BCUT2D eigenvalue weighted by Crippen LogP contribution is -1.96. The van der Waals surface area contributed by atoms with Crippen LogP contribution in [0.15, 0.2) is 79.1 Å². The first-order valence-electron chi connectivity index (χ1n) is 6.59. The minimum absolute atomic E-state index is 0.525. The molecule has 1 heterocycles. The summed E-state index contributed by atoms with van der Waals surface area (Å²) in [5, 5.41) is 0. The Morgan fingerprint density at radius 2 is 1.45 bits per heavy atom. The van der Waals surface area contributed by atoms with E-state index >= 15 is 0 Å². The van der Waals surface area contributed by atoms with Gasteiger partial charge in [-0.25, -0.2) is 0 Å². The molecule has 0 bridgehead atoms. The molecule has 0 saturated carbocycles. The lowest BCUT2D eigenvalue weighted by atomic mass is 10.1. The fraction of sp³-hybridized carbons (Fsp3) is 0.0556. The van der Waals surface area contributed by atoms with Gasteiger partial charge >= 0.3 is 0 Å². The number of hydrogen-bond donors (Lipinski definition) is 0. The molecule has 1 aromatic heterocycles. The SMILES string of the molecule is c1ccc(OCc2cncc(-c3ccccc3)c2)cc1. The molecule has 2 nitrogen and oxygen atoms in total. The zero-order valence-corrected chi connectivity index (χ0v) is 11.1. The van der Waals surface area contributed by atoms with E-state index in [0.29, 0.717) is 6.61 Å². The van der Waals surface area contributed by atoms with Gasteiger partial charge in [0, 0.05) is 23.5 Å². The van der Waals surface area contributed by atoms with E-state index in [1.54, 1.807) is 0 Å². The van der Waals surface area contributed by atoms with Gasteiger partial charge in [-0.15, -0.1) is 0 Å². The monoisotopic (exact) mass is 261 g/mol. The van der Waals surface area contributed by atoms with E-state index in [1.807, 2.05) is 60.9 Å². The van der Waals surface area contributed by atoms with Crippen LogP contribution in [0.1, 0.15) is 5.56 Å². The Kier molecular flexibility index (Phi) is 3.74. The highest BCUT2D eigenvalue weighted by Gasteiger charge is 2.00. The quantitative estimate of drug-likeness (QED) is 0.697. The fourth-order valence-corrected chi connectivity index (χ4v) is 2.04. The number of rotatable bonds is 4. The molecular weight excluding hydrogens is 246 g/mol. The van der Waals surface area contributed by atoms with Crippen LogP contribution in [-0.2, 0) is 6.61 Å². The van der Waals surface area contributed by atoms with Gasteiger partial charge in [-0.3, -0.25) is 4.98 Å². The van der Waals surface area contributed by atoms with E-state index in [4.69, 9.17) is 4.74 Å². The maximum Gasteiger partial charge on any atom is 0.119 e. The summed E-state index contributed by atoms with van der Waals surface area (Å²) in [6.45, 7) is 0.525. The molecule has 0 fully saturated rings. The van der Waals surface area contributed by atoms with Crippen molar-refractivity contribution in [3.8, 4) is 16.9 Å². The zero-order valence-electron chi connectivity index (χ0n) is 11.1. The molecule has 3 aromatic rings. The third kappa shape index (κ3) is 3.04. The number of ether oxygens (including phenoxy) is 1. The molecule has 98 valence electrons. The average Bonchev–Trinajstić information content (AvgIpc) is 2.55. The highest BCUT2D eigenvalue weighted by molar-refractivity contribution is 5.62. The van der Waals surface area contributed by atoms with Gasteiger partial charge in [0.15, 0.2) is 0 Å². The molecule has 0 aliphatic heterocycles. The number of benzene rings is 2. The summed E-state index contributed by atoms with van der Waals surface area (Å²) in [5.74, 6) is 0.873. The van der Waals surface area contributed by atoms with E-state index in [0.717, 1.165) is 16.9 Å². The van der Waals surface area contributed by atoms with E-state index in [9.17, 15) is 0 Å². The van der Waals surface area contributed by atoms with E-state index in [1.165, 1.54) is 5.56 Å². The van der Waals surface area contributed by atoms with Crippen molar-refractivity contribution in [3.05, 3.63) is 84.7 Å². The van der Waals surface area contributed by atoms with E-state index in [2.05, 4.69) is 23.2 Å². The molecule has 0 N–H and O–H groups in total. The van der Waals surface area contributed by atoms with Crippen molar-refractivity contribution in [3.63, 3.8) is 0 Å². The summed E-state index contributed by atoms with van der Waals surface area (Å²) in [6.07, 6.45) is 3.72. The molecule has 2 heteroatoms. The molecule has 0 spiro atoms. The molecular formula is C18H15NO. The number of pyridine rings is 1. The standard InChI is InChI=1S/C18H15NO/c1-3-7-16(8-4-1)17-11-15(12-19-13-17)14-20-18-9-5-2-6-10-18/h1-13H,14H2. The van der Waals surface area contributed by atoms with Gasteiger partial charge in [-0.2, -0.15) is 0 Å². The molecule has 0 atom stereocenters. The molecule has 2 aromatic carbocycles. The fourth-order valence-electron chi connectivity index (χ4n) is 2.04. The number of aromatic nitrogens is 1. The second kappa shape index (κ2) is 6.02. The summed E-state index contributed by atoms with van der Waals surface area (Å²) in [5.41, 5.74) is 3.34. The molecule has 0 radical (unpaired) electrons. The Morgan fingerprint density at radius 1 is 0.750 bits per heavy atom. The van der Waals surface area contributed by atoms with Gasteiger partial charge in [0.05, 0.1) is 0 Å². The zero-order chi connectivity index (χ0) is 13.6. The Hall–Kier alpha value is -2.61. The molecule has 0 saturated heterocycles. The molecule has 3 rings (SSSR count). The smallest absolute Gasteiger partial charge is 0.119 e. The van der Waals surface area contributed by atoms with Gasteiger partial charge in [0.2, 0.25) is 0 Å². The third-order valence-corrected chi connectivity index (χ3v) is 3.05. The summed E-state index contributed by atoms with van der Waals surface area (Å²) in [7, 11) is 0. The maximum atomic E-state index is 5.74.